The molecule has 0 spiro atoms. The highest BCUT2D eigenvalue weighted by atomic mass is 16.3. The summed E-state index contributed by atoms with van der Waals surface area (Å²) in [5.41, 5.74) is -0.136. The van der Waals surface area contributed by atoms with E-state index in [-0.39, 0.29) is 12.1 Å². The average molecular weight is 184 g/mol. The first-order valence-electron chi connectivity index (χ1n) is 5.18. The van der Waals surface area contributed by atoms with Crippen molar-refractivity contribution < 1.29 is 5.11 Å². The second kappa shape index (κ2) is 4.61. The quantitative estimate of drug-likeness (QED) is 0.692. The van der Waals surface area contributed by atoms with Gasteiger partial charge in [-0.3, -0.25) is 4.99 Å². The highest BCUT2D eigenvalue weighted by Gasteiger charge is 2.26. The van der Waals surface area contributed by atoms with Crippen LogP contribution in [0.3, 0.4) is 0 Å². The van der Waals surface area contributed by atoms with E-state index in [1.807, 2.05) is 0 Å². The standard InChI is InChI=1S/C10H20N2O/c1-3-10(4-2,8-13)12-9-6-5-7-11-9/h13H,3-8H2,1-2H3,(H,11,12). The van der Waals surface area contributed by atoms with Crippen molar-refractivity contribution in [3.63, 3.8) is 0 Å². The lowest BCUT2D eigenvalue weighted by atomic mass is 9.93. The second-order valence-electron chi connectivity index (χ2n) is 3.70. The summed E-state index contributed by atoms with van der Waals surface area (Å²) in [7, 11) is 0. The molecular formula is C10H20N2O. The number of aliphatic hydroxyl groups excluding tert-OH is 1. The van der Waals surface area contributed by atoms with Gasteiger partial charge in [0, 0.05) is 13.0 Å². The van der Waals surface area contributed by atoms with Crippen LogP contribution in [0.5, 0.6) is 0 Å². The van der Waals surface area contributed by atoms with Gasteiger partial charge in [-0.2, -0.15) is 0 Å². The molecule has 76 valence electrons. The first-order valence-corrected chi connectivity index (χ1v) is 5.18. The van der Waals surface area contributed by atoms with Gasteiger partial charge in [0.15, 0.2) is 0 Å². The van der Waals surface area contributed by atoms with Crippen LogP contribution in [0.1, 0.15) is 39.5 Å². The minimum atomic E-state index is -0.136. The zero-order valence-electron chi connectivity index (χ0n) is 8.64. The van der Waals surface area contributed by atoms with Gasteiger partial charge in [-0.1, -0.05) is 13.8 Å². The van der Waals surface area contributed by atoms with Gasteiger partial charge in [-0.15, -0.1) is 0 Å². The summed E-state index contributed by atoms with van der Waals surface area (Å²) in [6.07, 6.45) is 4.08. The van der Waals surface area contributed by atoms with E-state index in [9.17, 15) is 5.11 Å². The Bertz CT molecular complexity index is 177. The molecule has 1 rings (SSSR count). The molecule has 3 heteroatoms. The molecule has 1 aliphatic heterocycles. The fraction of sp³-hybridized carbons (Fsp3) is 0.900. The number of hydrogen-bond donors (Lipinski definition) is 2. The SMILES string of the molecule is CCC(CC)(CO)NC1=NCCC1. The smallest absolute Gasteiger partial charge is 0.0968 e. The molecule has 1 aliphatic rings. The summed E-state index contributed by atoms with van der Waals surface area (Å²) < 4.78 is 0. The highest BCUT2D eigenvalue weighted by Crippen LogP contribution is 2.16. The zero-order chi connectivity index (χ0) is 9.73. The van der Waals surface area contributed by atoms with Gasteiger partial charge in [0.1, 0.15) is 0 Å². The fourth-order valence-corrected chi connectivity index (χ4v) is 1.64. The molecule has 0 saturated carbocycles. The van der Waals surface area contributed by atoms with Crippen LogP contribution >= 0.6 is 0 Å². The molecule has 0 amide bonds. The van der Waals surface area contributed by atoms with E-state index in [0.717, 1.165) is 38.1 Å². The molecule has 0 fully saturated rings. The van der Waals surface area contributed by atoms with Crippen LogP contribution in [0.15, 0.2) is 4.99 Å². The van der Waals surface area contributed by atoms with Crippen molar-refractivity contribution in [3.8, 4) is 0 Å². The molecular weight excluding hydrogens is 164 g/mol. The minimum absolute atomic E-state index is 0.136. The summed E-state index contributed by atoms with van der Waals surface area (Å²) in [5.74, 6) is 1.08. The Kier molecular flexibility index (Phi) is 3.72. The van der Waals surface area contributed by atoms with Gasteiger partial charge in [0.25, 0.3) is 0 Å². The van der Waals surface area contributed by atoms with Gasteiger partial charge in [-0.05, 0) is 19.3 Å². The van der Waals surface area contributed by atoms with E-state index in [1.54, 1.807) is 0 Å². The number of amidine groups is 1. The Balaban J connectivity index is 2.55. The maximum atomic E-state index is 9.32. The molecule has 0 radical (unpaired) electrons. The number of aliphatic hydroxyl groups is 1. The van der Waals surface area contributed by atoms with Crippen molar-refractivity contribution in [2.24, 2.45) is 4.99 Å². The first-order chi connectivity index (χ1) is 6.26. The number of nitrogens with zero attached hydrogens (tertiary/aromatic N) is 1. The molecule has 13 heavy (non-hydrogen) atoms. The number of rotatable bonds is 4. The lowest BCUT2D eigenvalue weighted by Crippen LogP contribution is -2.50. The average Bonchev–Trinajstić information content (AvgIpc) is 2.67. The lowest BCUT2D eigenvalue weighted by molar-refractivity contribution is 0.169. The molecule has 0 aromatic heterocycles. The van der Waals surface area contributed by atoms with Crippen LogP contribution in [-0.2, 0) is 0 Å². The molecule has 0 atom stereocenters. The molecule has 0 aromatic carbocycles. The maximum absolute atomic E-state index is 9.32. The summed E-state index contributed by atoms with van der Waals surface area (Å²) in [6.45, 7) is 5.33. The van der Waals surface area contributed by atoms with Crippen LogP contribution in [0, 0.1) is 0 Å². The zero-order valence-corrected chi connectivity index (χ0v) is 8.64. The summed E-state index contributed by atoms with van der Waals surface area (Å²) >= 11 is 0. The predicted molar refractivity (Wildman–Crippen MR) is 55.1 cm³/mol. The van der Waals surface area contributed by atoms with Gasteiger partial charge in [-0.25, -0.2) is 0 Å². The first kappa shape index (κ1) is 10.5. The molecule has 0 aromatic rings. The van der Waals surface area contributed by atoms with Gasteiger partial charge in [0.2, 0.25) is 0 Å². The second-order valence-corrected chi connectivity index (χ2v) is 3.70. The Morgan fingerprint density at radius 2 is 2.15 bits per heavy atom. The third-order valence-corrected chi connectivity index (χ3v) is 2.94. The van der Waals surface area contributed by atoms with Crippen LogP contribution in [0.2, 0.25) is 0 Å². The van der Waals surface area contributed by atoms with Crippen molar-refractivity contribution >= 4 is 5.84 Å². The number of hydrogen-bond acceptors (Lipinski definition) is 3. The Hall–Kier alpha value is -0.570. The Morgan fingerprint density at radius 1 is 1.46 bits per heavy atom. The molecule has 0 aliphatic carbocycles. The van der Waals surface area contributed by atoms with Crippen molar-refractivity contribution in [2.45, 2.75) is 45.1 Å². The largest absolute Gasteiger partial charge is 0.394 e. The Labute approximate surface area is 80.3 Å². The normalized spacial score (nSPS) is 17.3. The minimum Gasteiger partial charge on any atom is -0.394 e. The van der Waals surface area contributed by atoms with Crippen LogP contribution in [0.4, 0.5) is 0 Å². The van der Waals surface area contributed by atoms with Crippen molar-refractivity contribution in [3.05, 3.63) is 0 Å². The molecule has 3 nitrogen and oxygen atoms in total. The third-order valence-electron chi connectivity index (χ3n) is 2.94. The molecule has 0 bridgehead atoms. The van der Waals surface area contributed by atoms with Crippen molar-refractivity contribution in [1.82, 2.24) is 5.32 Å². The molecule has 2 N–H and O–H groups in total. The van der Waals surface area contributed by atoms with E-state index < -0.39 is 0 Å². The molecule has 1 heterocycles. The van der Waals surface area contributed by atoms with Crippen LogP contribution in [0.25, 0.3) is 0 Å². The summed E-state index contributed by atoms with van der Waals surface area (Å²) in [5, 5.41) is 12.7. The topological polar surface area (TPSA) is 44.6 Å². The van der Waals surface area contributed by atoms with Gasteiger partial charge in [0.05, 0.1) is 18.0 Å². The van der Waals surface area contributed by atoms with Gasteiger partial charge < -0.3 is 10.4 Å². The van der Waals surface area contributed by atoms with Crippen molar-refractivity contribution in [2.75, 3.05) is 13.2 Å². The molecule has 0 saturated heterocycles. The van der Waals surface area contributed by atoms with E-state index in [2.05, 4.69) is 24.2 Å². The summed E-state index contributed by atoms with van der Waals surface area (Å²) in [6, 6.07) is 0. The maximum Gasteiger partial charge on any atom is 0.0968 e. The third kappa shape index (κ3) is 2.44. The van der Waals surface area contributed by atoms with E-state index >= 15 is 0 Å². The lowest BCUT2D eigenvalue weighted by Gasteiger charge is -2.31. The number of aliphatic imine (C=N–C) groups is 1. The van der Waals surface area contributed by atoms with E-state index in [0.29, 0.717) is 0 Å². The fourth-order valence-electron chi connectivity index (χ4n) is 1.64. The van der Waals surface area contributed by atoms with Gasteiger partial charge >= 0.3 is 0 Å². The molecule has 0 unspecified atom stereocenters. The summed E-state index contributed by atoms with van der Waals surface area (Å²) in [4.78, 5) is 4.36. The Morgan fingerprint density at radius 3 is 2.54 bits per heavy atom. The number of nitrogens with one attached hydrogen (secondary N) is 1. The van der Waals surface area contributed by atoms with Crippen LogP contribution < -0.4 is 5.32 Å². The van der Waals surface area contributed by atoms with Crippen LogP contribution in [-0.4, -0.2) is 29.6 Å². The predicted octanol–water partition coefficient (Wildman–Crippen LogP) is 1.32. The van der Waals surface area contributed by atoms with E-state index in [1.165, 1.54) is 0 Å². The monoisotopic (exact) mass is 184 g/mol. The van der Waals surface area contributed by atoms with Crippen molar-refractivity contribution in [1.29, 1.82) is 0 Å². The highest BCUT2D eigenvalue weighted by molar-refractivity contribution is 5.84. The van der Waals surface area contributed by atoms with E-state index in [4.69, 9.17) is 0 Å².